The molecule has 0 amide bonds. The Balaban J connectivity index is 3.49. The van der Waals surface area contributed by atoms with E-state index in [1.165, 1.54) is 0 Å². The van der Waals surface area contributed by atoms with E-state index in [0.717, 1.165) is 6.07 Å². The summed E-state index contributed by atoms with van der Waals surface area (Å²) in [6.07, 6.45) is 1.51. The van der Waals surface area contributed by atoms with Crippen LogP contribution in [0, 0.1) is 0 Å². The van der Waals surface area contributed by atoms with Crippen LogP contribution in [0.15, 0.2) is 6.07 Å². The van der Waals surface area contributed by atoms with Crippen molar-refractivity contribution >= 4 is 25.1 Å². The van der Waals surface area contributed by atoms with E-state index in [1.54, 1.807) is 0 Å². The molecule has 0 aliphatic rings. The first-order chi connectivity index (χ1) is 6.76. The minimum Gasteiger partial charge on any atom is -0.298 e. The summed E-state index contributed by atoms with van der Waals surface area (Å²) in [5.41, 5.74) is -0.305. The lowest BCUT2D eigenvalue weighted by molar-refractivity contribution is 0.108. The van der Waals surface area contributed by atoms with E-state index >= 15 is 0 Å². The van der Waals surface area contributed by atoms with E-state index in [0.29, 0.717) is 25.1 Å². The zero-order valence-corrected chi connectivity index (χ0v) is 6.97. The lowest BCUT2D eigenvalue weighted by Crippen LogP contribution is -2.03. The summed E-state index contributed by atoms with van der Waals surface area (Å²) in [7, 11) is 0. The number of nitrogens with zero attached hydrogens (tertiary/aromatic N) is 1. The second-order valence-electron chi connectivity index (χ2n) is 2.41. The van der Waals surface area contributed by atoms with Gasteiger partial charge in [-0.3, -0.25) is 19.2 Å². The minimum atomic E-state index is -0.146. The molecule has 0 aromatic carbocycles. The molecule has 0 atom stereocenters. The van der Waals surface area contributed by atoms with E-state index in [4.69, 9.17) is 0 Å². The average Bonchev–Trinajstić information content (AvgIpc) is 2.26. The van der Waals surface area contributed by atoms with Gasteiger partial charge in [0.15, 0.2) is 25.1 Å². The van der Waals surface area contributed by atoms with Gasteiger partial charge in [0.25, 0.3) is 0 Å². The number of pyridine rings is 1. The number of aromatic nitrogens is 1. The monoisotopic (exact) mass is 191 g/mol. The highest BCUT2D eigenvalue weighted by Gasteiger charge is 2.09. The average molecular weight is 191 g/mol. The van der Waals surface area contributed by atoms with Crippen molar-refractivity contribution < 1.29 is 19.2 Å². The maximum atomic E-state index is 10.5. The Labute approximate surface area is 78.8 Å². The van der Waals surface area contributed by atoms with Gasteiger partial charge >= 0.3 is 0 Å². The largest absolute Gasteiger partial charge is 0.298 e. The molecule has 0 bridgehead atoms. The molecule has 0 saturated carbocycles. The van der Waals surface area contributed by atoms with Crippen molar-refractivity contribution in [2.24, 2.45) is 0 Å². The molecule has 0 fully saturated rings. The van der Waals surface area contributed by atoms with E-state index < -0.39 is 0 Å². The summed E-state index contributed by atoms with van der Waals surface area (Å²) >= 11 is 0. The highest BCUT2D eigenvalue weighted by molar-refractivity contribution is 5.95. The summed E-state index contributed by atoms with van der Waals surface area (Å²) in [5.74, 6) is 0. The van der Waals surface area contributed by atoms with Crippen LogP contribution in [0.2, 0.25) is 0 Å². The molecule has 5 heteroatoms. The summed E-state index contributed by atoms with van der Waals surface area (Å²) in [6, 6.07) is 1.15. The number of aldehydes is 4. The van der Waals surface area contributed by atoms with Gasteiger partial charge in [-0.25, -0.2) is 4.98 Å². The Kier molecular flexibility index (Phi) is 2.96. The van der Waals surface area contributed by atoms with Gasteiger partial charge in [-0.05, 0) is 6.07 Å². The smallest absolute Gasteiger partial charge is 0.169 e. The number of carbonyl (C=O) groups is 4. The van der Waals surface area contributed by atoms with Gasteiger partial charge < -0.3 is 0 Å². The van der Waals surface area contributed by atoms with Crippen LogP contribution in [0.3, 0.4) is 0 Å². The molecular weight excluding hydrogens is 186 g/mol. The van der Waals surface area contributed by atoms with Crippen molar-refractivity contribution in [3.8, 4) is 0 Å². The van der Waals surface area contributed by atoms with E-state index in [9.17, 15) is 19.2 Å². The topological polar surface area (TPSA) is 81.2 Å². The molecule has 1 aromatic heterocycles. The summed E-state index contributed by atoms with van der Waals surface area (Å²) in [4.78, 5) is 45.3. The Bertz CT molecular complexity index is 337. The third-order valence-corrected chi connectivity index (χ3v) is 1.62. The third kappa shape index (κ3) is 1.61. The van der Waals surface area contributed by atoms with Gasteiger partial charge in [0, 0.05) is 11.1 Å². The molecule has 0 saturated heterocycles. The molecule has 1 rings (SSSR count). The molecule has 70 valence electrons. The maximum absolute atomic E-state index is 10.5. The first-order valence-electron chi connectivity index (χ1n) is 3.62. The van der Waals surface area contributed by atoms with E-state index in [2.05, 4.69) is 4.98 Å². The number of hydrogen-bond acceptors (Lipinski definition) is 5. The van der Waals surface area contributed by atoms with Crippen molar-refractivity contribution in [3.63, 3.8) is 0 Å². The fourth-order valence-electron chi connectivity index (χ4n) is 0.952. The molecule has 1 heterocycles. The van der Waals surface area contributed by atoms with Gasteiger partial charge in [-0.15, -0.1) is 0 Å². The van der Waals surface area contributed by atoms with Crippen LogP contribution in [-0.4, -0.2) is 30.1 Å². The number of hydrogen-bond donors (Lipinski definition) is 0. The SMILES string of the molecule is O=Cc1cc(C=O)c(C=O)nc1C=O. The van der Waals surface area contributed by atoms with Crippen LogP contribution in [0.4, 0.5) is 0 Å². The van der Waals surface area contributed by atoms with Crippen LogP contribution >= 0.6 is 0 Å². The lowest BCUT2D eigenvalue weighted by Gasteiger charge is -1.99. The second-order valence-corrected chi connectivity index (χ2v) is 2.41. The zero-order valence-electron chi connectivity index (χ0n) is 6.97. The predicted octanol–water partition coefficient (Wildman–Crippen LogP) is 0.332. The summed E-state index contributed by atoms with van der Waals surface area (Å²) < 4.78 is 0. The van der Waals surface area contributed by atoms with Gasteiger partial charge in [-0.2, -0.15) is 0 Å². The molecule has 0 spiro atoms. The normalized spacial score (nSPS) is 9.14. The number of carbonyl (C=O) groups excluding carboxylic acids is 4. The van der Waals surface area contributed by atoms with E-state index in [-0.39, 0.29) is 22.5 Å². The van der Waals surface area contributed by atoms with Gasteiger partial charge in [-0.1, -0.05) is 0 Å². The predicted molar refractivity (Wildman–Crippen MR) is 45.8 cm³/mol. The summed E-state index contributed by atoms with van der Waals surface area (Å²) in [6.45, 7) is 0. The Morgan fingerprint density at radius 1 is 0.786 bits per heavy atom. The first kappa shape index (κ1) is 9.91. The molecule has 0 unspecified atom stereocenters. The Hall–Kier alpha value is -2.17. The van der Waals surface area contributed by atoms with E-state index in [1.807, 2.05) is 0 Å². The van der Waals surface area contributed by atoms with Gasteiger partial charge in [0.1, 0.15) is 11.4 Å². The van der Waals surface area contributed by atoms with Crippen LogP contribution < -0.4 is 0 Å². The molecule has 0 aliphatic carbocycles. The van der Waals surface area contributed by atoms with Crippen molar-refractivity contribution in [3.05, 3.63) is 28.6 Å². The quantitative estimate of drug-likeness (QED) is 0.640. The van der Waals surface area contributed by atoms with Crippen LogP contribution in [0.1, 0.15) is 41.7 Å². The Morgan fingerprint density at radius 2 is 1.21 bits per heavy atom. The van der Waals surface area contributed by atoms with Gasteiger partial charge in [0.2, 0.25) is 0 Å². The standard InChI is InChI=1S/C9H5NO4/c11-2-6-1-7(3-12)9(5-14)10-8(6)4-13/h1-5H. The molecule has 5 nitrogen and oxygen atoms in total. The van der Waals surface area contributed by atoms with Crippen LogP contribution in [0.25, 0.3) is 0 Å². The van der Waals surface area contributed by atoms with Crippen molar-refractivity contribution in [2.45, 2.75) is 0 Å². The molecule has 0 N–H and O–H groups in total. The fourth-order valence-corrected chi connectivity index (χ4v) is 0.952. The molecule has 0 radical (unpaired) electrons. The summed E-state index contributed by atoms with van der Waals surface area (Å²) in [5, 5.41) is 0. The van der Waals surface area contributed by atoms with Crippen molar-refractivity contribution in [1.29, 1.82) is 0 Å². The third-order valence-electron chi connectivity index (χ3n) is 1.62. The van der Waals surface area contributed by atoms with Crippen molar-refractivity contribution in [1.82, 2.24) is 4.98 Å². The molecular formula is C9H5NO4. The Morgan fingerprint density at radius 3 is 1.50 bits per heavy atom. The zero-order chi connectivity index (χ0) is 10.6. The fraction of sp³-hybridized carbons (Fsp3) is 0. The second kappa shape index (κ2) is 4.18. The van der Waals surface area contributed by atoms with Crippen LogP contribution in [-0.2, 0) is 0 Å². The van der Waals surface area contributed by atoms with Gasteiger partial charge in [0.05, 0.1) is 0 Å². The maximum Gasteiger partial charge on any atom is 0.169 e. The van der Waals surface area contributed by atoms with Crippen LogP contribution in [0.5, 0.6) is 0 Å². The molecule has 1 aromatic rings. The lowest BCUT2D eigenvalue weighted by atomic mass is 10.1. The van der Waals surface area contributed by atoms with Crippen molar-refractivity contribution in [2.75, 3.05) is 0 Å². The highest BCUT2D eigenvalue weighted by atomic mass is 16.1. The molecule has 14 heavy (non-hydrogen) atoms. The first-order valence-corrected chi connectivity index (χ1v) is 3.62. The molecule has 0 aliphatic heterocycles. The minimum absolute atomic E-state index is 0.00676. The highest BCUT2D eigenvalue weighted by Crippen LogP contribution is 2.07. The number of rotatable bonds is 4.